The first-order chi connectivity index (χ1) is 8.96. The van der Waals surface area contributed by atoms with Crippen LogP contribution < -0.4 is 10.5 Å². The van der Waals surface area contributed by atoms with Gasteiger partial charge in [-0.25, -0.2) is 17.5 Å². The van der Waals surface area contributed by atoms with Gasteiger partial charge in [0.15, 0.2) is 0 Å². The molecule has 0 aliphatic heterocycles. The molecule has 1 fully saturated rings. The molecular formula is C13H19FN2O2S. The number of nitrogens with one attached hydrogen (secondary N) is 1. The quantitative estimate of drug-likeness (QED) is 0.862. The molecule has 19 heavy (non-hydrogen) atoms. The number of nitrogens with two attached hydrogens (primary N) is 1. The van der Waals surface area contributed by atoms with Crippen molar-refractivity contribution in [3.63, 3.8) is 0 Å². The second-order valence-corrected chi connectivity index (χ2v) is 6.87. The zero-order valence-corrected chi connectivity index (χ0v) is 11.5. The van der Waals surface area contributed by atoms with Crippen molar-refractivity contribution in [1.29, 1.82) is 0 Å². The molecule has 0 atom stereocenters. The van der Waals surface area contributed by atoms with E-state index in [9.17, 15) is 12.8 Å². The third kappa shape index (κ3) is 3.52. The average molecular weight is 286 g/mol. The summed E-state index contributed by atoms with van der Waals surface area (Å²) < 4.78 is 40.4. The molecule has 0 bridgehead atoms. The predicted molar refractivity (Wildman–Crippen MR) is 72.4 cm³/mol. The van der Waals surface area contributed by atoms with Gasteiger partial charge in [0.1, 0.15) is 5.82 Å². The van der Waals surface area contributed by atoms with Crippen molar-refractivity contribution in [2.75, 3.05) is 6.54 Å². The fourth-order valence-corrected chi connectivity index (χ4v) is 4.25. The monoisotopic (exact) mass is 286 g/mol. The first-order valence-corrected chi connectivity index (χ1v) is 8.07. The highest BCUT2D eigenvalue weighted by Gasteiger charge is 2.36. The molecule has 1 aliphatic carbocycles. The molecule has 1 aliphatic rings. The lowest BCUT2D eigenvalue weighted by atomic mass is 10.0. The summed E-state index contributed by atoms with van der Waals surface area (Å²) in [4.78, 5) is 0. The molecule has 1 aromatic rings. The molecular weight excluding hydrogens is 267 g/mol. The van der Waals surface area contributed by atoms with Crippen LogP contribution in [0.5, 0.6) is 0 Å². The molecule has 4 nitrogen and oxygen atoms in total. The summed E-state index contributed by atoms with van der Waals surface area (Å²) >= 11 is 0. The Morgan fingerprint density at radius 1 is 1.26 bits per heavy atom. The third-order valence-corrected chi connectivity index (χ3v) is 5.06. The van der Waals surface area contributed by atoms with Crippen molar-refractivity contribution >= 4 is 10.0 Å². The molecule has 0 saturated heterocycles. The molecule has 2 rings (SSSR count). The van der Waals surface area contributed by atoms with E-state index in [2.05, 4.69) is 4.72 Å². The Bertz CT molecular complexity index is 539. The van der Waals surface area contributed by atoms with E-state index in [4.69, 9.17) is 5.73 Å². The van der Waals surface area contributed by atoms with Gasteiger partial charge in [-0.15, -0.1) is 0 Å². The number of hydrogen-bond acceptors (Lipinski definition) is 3. The minimum absolute atomic E-state index is 0.181. The van der Waals surface area contributed by atoms with Crippen LogP contribution in [0, 0.1) is 5.82 Å². The predicted octanol–water partition coefficient (Wildman–Crippen LogP) is 1.52. The van der Waals surface area contributed by atoms with Gasteiger partial charge in [0.25, 0.3) is 0 Å². The van der Waals surface area contributed by atoms with Crippen molar-refractivity contribution in [3.05, 3.63) is 35.6 Å². The Morgan fingerprint density at radius 2 is 1.89 bits per heavy atom. The van der Waals surface area contributed by atoms with Gasteiger partial charge >= 0.3 is 0 Å². The first kappa shape index (κ1) is 14.4. The minimum Gasteiger partial charge on any atom is -0.329 e. The van der Waals surface area contributed by atoms with Crippen LogP contribution in [0.4, 0.5) is 4.39 Å². The van der Waals surface area contributed by atoms with Crippen LogP contribution in [0.15, 0.2) is 24.3 Å². The normalized spacial score (nSPS) is 18.6. The summed E-state index contributed by atoms with van der Waals surface area (Å²) in [5, 5.41) is 0. The van der Waals surface area contributed by atoms with Crippen LogP contribution in [-0.4, -0.2) is 20.5 Å². The van der Waals surface area contributed by atoms with Crippen LogP contribution in [-0.2, 0) is 15.8 Å². The van der Waals surface area contributed by atoms with E-state index in [1.54, 1.807) is 6.07 Å². The lowest BCUT2D eigenvalue weighted by Crippen LogP contribution is -2.51. The summed E-state index contributed by atoms with van der Waals surface area (Å²) in [6, 6.07) is 5.91. The molecule has 0 amide bonds. The number of hydrogen-bond donors (Lipinski definition) is 2. The Balaban J connectivity index is 2.13. The molecule has 1 saturated carbocycles. The van der Waals surface area contributed by atoms with Gasteiger partial charge in [0.2, 0.25) is 10.0 Å². The number of sulfonamides is 1. The molecule has 3 N–H and O–H groups in total. The lowest BCUT2D eigenvalue weighted by molar-refractivity contribution is 0.399. The molecule has 0 heterocycles. The van der Waals surface area contributed by atoms with E-state index >= 15 is 0 Å². The largest absolute Gasteiger partial charge is 0.329 e. The molecule has 1 aromatic carbocycles. The number of benzene rings is 1. The van der Waals surface area contributed by atoms with E-state index in [-0.39, 0.29) is 17.9 Å². The van der Waals surface area contributed by atoms with Crippen LogP contribution in [0.25, 0.3) is 0 Å². The highest BCUT2D eigenvalue weighted by molar-refractivity contribution is 7.88. The molecule has 106 valence electrons. The van der Waals surface area contributed by atoms with Crippen LogP contribution >= 0.6 is 0 Å². The lowest BCUT2D eigenvalue weighted by Gasteiger charge is -2.28. The summed E-state index contributed by atoms with van der Waals surface area (Å²) in [6.45, 7) is 0.281. The van der Waals surface area contributed by atoms with Gasteiger partial charge in [0.05, 0.1) is 5.75 Å². The molecule has 6 heteroatoms. The van der Waals surface area contributed by atoms with E-state index < -0.39 is 21.4 Å². The maximum absolute atomic E-state index is 13.5. The summed E-state index contributed by atoms with van der Waals surface area (Å²) in [6.07, 6.45) is 3.44. The molecule has 0 unspecified atom stereocenters. The van der Waals surface area contributed by atoms with Gasteiger partial charge in [-0.1, -0.05) is 31.0 Å². The first-order valence-electron chi connectivity index (χ1n) is 6.41. The smallest absolute Gasteiger partial charge is 0.216 e. The Labute approximate surface area is 113 Å². The van der Waals surface area contributed by atoms with Gasteiger partial charge in [0, 0.05) is 17.6 Å². The Hall–Kier alpha value is -0.980. The van der Waals surface area contributed by atoms with Crippen LogP contribution in [0.1, 0.15) is 31.2 Å². The van der Waals surface area contributed by atoms with Gasteiger partial charge < -0.3 is 5.73 Å². The Morgan fingerprint density at radius 3 is 2.47 bits per heavy atom. The summed E-state index contributed by atoms with van der Waals surface area (Å²) in [5.41, 5.74) is 5.34. The molecule has 0 aromatic heterocycles. The van der Waals surface area contributed by atoms with Gasteiger partial charge in [-0.3, -0.25) is 0 Å². The zero-order chi connectivity index (χ0) is 13.9. The average Bonchev–Trinajstić information content (AvgIpc) is 2.80. The van der Waals surface area contributed by atoms with Gasteiger partial charge in [-0.05, 0) is 18.9 Å². The van der Waals surface area contributed by atoms with E-state index in [1.165, 1.54) is 18.2 Å². The van der Waals surface area contributed by atoms with E-state index in [0.717, 1.165) is 25.7 Å². The van der Waals surface area contributed by atoms with Crippen molar-refractivity contribution in [2.24, 2.45) is 5.73 Å². The van der Waals surface area contributed by atoms with Crippen LogP contribution in [0.3, 0.4) is 0 Å². The van der Waals surface area contributed by atoms with Crippen molar-refractivity contribution < 1.29 is 12.8 Å². The van der Waals surface area contributed by atoms with E-state index in [1.807, 2.05) is 0 Å². The van der Waals surface area contributed by atoms with Crippen molar-refractivity contribution in [2.45, 2.75) is 37.0 Å². The maximum atomic E-state index is 13.5. The Kier molecular flexibility index (Phi) is 4.23. The van der Waals surface area contributed by atoms with Crippen LogP contribution in [0.2, 0.25) is 0 Å². The third-order valence-electron chi connectivity index (χ3n) is 3.63. The van der Waals surface area contributed by atoms with Gasteiger partial charge in [-0.2, -0.15) is 0 Å². The molecule has 0 spiro atoms. The second kappa shape index (κ2) is 5.56. The molecule has 0 radical (unpaired) electrons. The highest BCUT2D eigenvalue weighted by Crippen LogP contribution is 2.29. The fraction of sp³-hybridized carbons (Fsp3) is 0.538. The summed E-state index contributed by atoms with van der Waals surface area (Å²) in [5.74, 6) is -0.845. The standard InChI is InChI=1S/C13H19FN2O2S/c14-12-6-2-1-5-11(12)9-19(17,18)16-13(10-15)7-3-4-8-13/h1-2,5-6,16H,3-4,7-10,15H2. The SMILES string of the molecule is NCC1(NS(=O)(=O)Cc2ccccc2F)CCCC1. The minimum atomic E-state index is -3.58. The van der Waals surface area contributed by atoms with Crippen molar-refractivity contribution in [3.8, 4) is 0 Å². The number of halogens is 1. The topological polar surface area (TPSA) is 72.2 Å². The summed E-state index contributed by atoms with van der Waals surface area (Å²) in [7, 11) is -3.58. The number of rotatable bonds is 5. The van der Waals surface area contributed by atoms with Crippen molar-refractivity contribution in [1.82, 2.24) is 4.72 Å². The maximum Gasteiger partial charge on any atom is 0.216 e. The van der Waals surface area contributed by atoms with E-state index in [0.29, 0.717) is 0 Å². The zero-order valence-electron chi connectivity index (χ0n) is 10.7. The second-order valence-electron chi connectivity index (χ2n) is 5.14. The highest BCUT2D eigenvalue weighted by atomic mass is 32.2. The fourth-order valence-electron chi connectivity index (χ4n) is 2.59.